The standard InChI is InChI=1S/C20H21FN2O/c1-13-14(2)23(11-15-3-4-15)19-18(13)9-10-22-20(19)24-12-16-5-7-17(21)8-6-16/h5-10,15H,3-4,11-12H2,1-2H3. The van der Waals surface area contributed by atoms with E-state index in [-0.39, 0.29) is 5.82 Å². The second kappa shape index (κ2) is 5.93. The van der Waals surface area contributed by atoms with Gasteiger partial charge in [-0.05, 0) is 61.9 Å². The van der Waals surface area contributed by atoms with Gasteiger partial charge in [-0.1, -0.05) is 12.1 Å². The van der Waals surface area contributed by atoms with Crippen molar-refractivity contribution in [2.24, 2.45) is 5.92 Å². The number of rotatable bonds is 5. The van der Waals surface area contributed by atoms with E-state index in [1.807, 2.05) is 0 Å². The largest absolute Gasteiger partial charge is 0.471 e. The van der Waals surface area contributed by atoms with Crippen molar-refractivity contribution in [1.82, 2.24) is 9.55 Å². The SMILES string of the molecule is Cc1c(C)n(CC2CC2)c2c(OCc3ccc(F)cc3)nccc12. The molecule has 3 nitrogen and oxygen atoms in total. The topological polar surface area (TPSA) is 27.1 Å². The van der Waals surface area contributed by atoms with Crippen molar-refractivity contribution < 1.29 is 9.13 Å². The van der Waals surface area contributed by atoms with Gasteiger partial charge in [-0.25, -0.2) is 9.37 Å². The van der Waals surface area contributed by atoms with Gasteiger partial charge in [0.15, 0.2) is 0 Å². The van der Waals surface area contributed by atoms with Crippen LogP contribution < -0.4 is 4.74 Å². The highest BCUT2D eigenvalue weighted by atomic mass is 19.1. The summed E-state index contributed by atoms with van der Waals surface area (Å²) < 4.78 is 21.4. The van der Waals surface area contributed by atoms with Crippen molar-refractivity contribution in [3.05, 3.63) is 59.2 Å². The number of ether oxygens (including phenoxy) is 1. The third kappa shape index (κ3) is 2.77. The fourth-order valence-corrected chi connectivity index (χ4v) is 3.19. The van der Waals surface area contributed by atoms with E-state index in [0.29, 0.717) is 12.5 Å². The molecule has 0 unspecified atom stereocenters. The predicted molar refractivity (Wildman–Crippen MR) is 92.7 cm³/mol. The van der Waals surface area contributed by atoms with Crippen LogP contribution >= 0.6 is 0 Å². The van der Waals surface area contributed by atoms with Crippen LogP contribution in [0.4, 0.5) is 4.39 Å². The zero-order valence-electron chi connectivity index (χ0n) is 14.1. The van der Waals surface area contributed by atoms with Gasteiger partial charge in [-0.3, -0.25) is 0 Å². The zero-order chi connectivity index (χ0) is 16.7. The van der Waals surface area contributed by atoms with Gasteiger partial charge in [0.2, 0.25) is 5.88 Å². The van der Waals surface area contributed by atoms with E-state index in [0.717, 1.165) is 23.5 Å². The molecule has 0 N–H and O–H groups in total. The van der Waals surface area contributed by atoms with Crippen LogP contribution in [0.15, 0.2) is 36.5 Å². The molecular formula is C20H21FN2O. The maximum Gasteiger partial charge on any atom is 0.238 e. The number of hydrogen-bond donors (Lipinski definition) is 0. The summed E-state index contributed by atoms with van der Waals surface area (Å²) in [5.74, 6) is 1.21. The molecule has 1 aromatic carbocycles. The van der Waals surface area contributed by atoms with Crippen LogP contribution in [0.3, 0.4) is 0 Å². The normalized spacial score (nSPS) is 14.3. The van der Waals surface area contributed by atoms with Crippen LogP contribution in [-0.4, -0.2) is 9.55 Å². The number of hydrogen-bond acceptors (Lipinski definition) is 2. The summed E-state index contributed by atoms with van der Waals surface area (Å²) in [7, 11) is 0. The second-order valence-electron chi connectivity index (χ2n) is 6.69. The average Bonchev–Trinajstić information content (AvgIpc) is 3.38. The Kier molecular flexibility index (Phi) is 3.75. The smallest absolute Gasteiger partial charge is 0.238 e. The summed E-state index contributed by atoms with van der Waals surface area (Å²) >= 11 is 0. The molecule has 0 amide bonds. The summed E-state index contributed by atoms with van der Waals surface area (Å²) in [6.07, 6.45) is 4.42. The molecule has 1 aliphatic rings. The molecule has 0 aliphatic heterocycles. The highest BCUT2D eigenvalue weighted by molar-refractivity contribution is 5.88. The molecule has 0 radical (unpaired) electrons. The van der Waals surface area contributed by atoms with Crippen LogP contribution in [0.1, 0.15) is 29.7 Å². The lowest BCUT2D eigenvalue weighted by Gasteiger charge is -2.11. The Morgan fingerprint density at radius 3 is 2.62 bits per heavy atom. The Hall–Kier alpha value is -2.36. The van der Waals surface area contributed by atoms with E-state index < -0.39 is 0 Å². The maximum absolute atomic E-state index is 13.0. The molecule has 0 saturated heterocycles. The van der Waals surface area contributed by atoms with E-state index in [9.17, 15) is 4.39 Å². The molecule has 3 aromatic rings. The quantitative estimate of drug-likeness (QED) is 0.675. The first-order valence-corrected chi connectivity index (χ1v) is 8.45. The van der Waals surface area contributed by atoms with Gasteiger partial charge in [0, 0.05) is 23.8 Å². The Balaban J connectivity index is 1.69. The Labute approximate surface area is 141 Å². The number of fused-ring (bicyclic) bond motifs is 1. The summed E-state index contributed by atoms with van der Waals surface area (Å²) in [6, 6.07) is 8.46. The van der Waals surface area contributed by atoms with Crippen molar-refractivity contribution in [3.63, 3.8) is 0 Å². The average molecular weight is 324 g/mol. The van der Waals surface area contributed by atoms with E-state index >= 15 is 0 Å². The van der Waals surface area contributed by atoms with E-state index in [1.165, 1.54) is 41.6 Å². The van der Waals surface area contributed by atoms with Gasteiger partial charge < -0.3 is 9.30 Å². The summed E-state index contributed by atoms with van der Waals surface area (Å²) in [6.45, 7) is 5.75. The number of pyridine rings is 1. The van der Waals surface area contributed by atoms with Crippen molar-refractivity contribution in [1.29, 1.82) is 0 Å². The molecule has 1 aliphatic carbocycles. The zero-order valence-corrected chi connectivity index (χ0v) is 14.1. The Bertz CT molecular complexity index is 879. The number of aryl methyl sites for hydroxylation is 1. The third-order valence-corrected chi connectivity index (χ3v) is 4.94. The summed E-state index contributed by atoms with van der Waals surface area (Å²) in [5.41, 5.74) is 4.60. The number of halogens is 1. The minimum Gasteiger partial charge on any atom is -0.471 e. The highest BCUT2D eigenvalue weighted by Crippen LogP contribution is 2.36. The number of benzene rings is 1. The molecule has 0 atom stereocenters. The van der Waals surface area contributed by atoms with Crippen LogP contribution in [0.25, 0.3) is 10.9 Å². The second-order valence-corrected chi connectivity index (χ2v) is 6.69. The molecule has 24 heavy (non-hydrogen) atoms. The van der Waals surface area contributed by atoms with Crippen LogP contribution in [0, 0.1) is 25.6 Å². The molecule has 0 bridgehead atoms. The molecule has 4 heteroatoms. The molecule has 1 saturated carbocycles. The van der Waals surface area contributed by atoms with Crippen LogP contribution in [-0.2, 0) is 13.2 Å². The molecule has 2 aromatic heterocycles. The molecule has 1 fully saturated rings. The lowest BCUT2D eigenvalue weighted by molar-refractivity contribution is 0.296. The van der Waals surface area contributed by atoms with Crippen LogP contribution in [0.5, 0.6) is 5.88 Å². The van der Waals surface area contributed by atoms with Gasteiger partial charge in [0.05, 0.1) is 0 Å². The Morgan fingerprint density at radius 2 is 1.92 bits per heavy atom. The molecule has 124 valence electrons. The first-order valence-electron chi connectivity index (χ1n) is 8.45. The highest BCUT2D eigenvalue weighted by Gasteiger charge is 2.25. The third-order valence-electron chi connectivity index (χ3n) is 4.94. The molecule has 4 rings (SSSR count). The van der Waals surface area contributed by atoms with Crippen LogP contribution in [0.2, 0.25) is 0 Å². The van der Waals surface area contributed by atoms with Gasteiger partial charge in [0.25, 0.3) is 0 Å². The number of nitrogens with zero attached hydrogens (tertiary/aromatic N) is 2. The lowest BCUT2D eigenvalue weighted by atomic mass is 10.2. The lowest BCUT2D eigenvalue weighted by Crippen LogP contribution is -2.05. The van der Waals surface area contributed by atoms with E-state index in [2.05, 4.69) is 29.5 Å². The fraction of sp³-hybridized carbons (Fsp3) is 0.350. The van der Waals surface area contributed by atoms with Crippen molar-refractivity contribution >= 4 is 10.9 Å². The predicted octanol–water partition coefficient (Wildman–Crippen LogP) is 4.78. The van der Waals surface area contributed by atoms with E-state index in [1.54, 1.807) is 18.3 Å². The van der Waals surface area contributed by atoms with Gasteiger partial charge >= 0.3 is 0 Å². The molecule has 2 heterocycles. The molecular weight excluding hydrogens is 303 g/mol. The minimum atomic E-state index is -0.233. The monoisotopic (exact) mass is 324 g/mol. The minimum absolute atomic E-state index is 0.233. The van der Waals surface area contributed by atoms with E-state index in [4.69, 9.17) is 4.74 Å². The first-order chi connectivity index (χ1) is 11.6. The van der Waals surface area contributed by atoms with Gasteiger partial charge in [-0.2, -0.15) is 0 Å². The fourth-order valence-electron chi connectivity index (χ4n) is 3.19. The Morgan fingerprint density at radius 1 is 1.17 bits per heavy atom. The van der Waals surface area contributed by atoms with Crippen molar-refractivity contribution in [3.8, 4) is 5.88 Å². The van der Waals surface area contributed by atoms with Gasteiger partial charge in [0.1, 0.15) is 17.9 Å². The van der Waals surface area contributed by atoms with Crippen molar-refractivity contribution in [2.75, 3.05) is 0 Å². The number of aromatic nitrogens is 2. The van der Waals surface area contributed by atoms with Gasteiger partial charge in [-0.15, -0.1) is 0 Å². The summed E-state index contributed by atoms with van der Waals surface area (Å²) in [4.78, 5) is 4.47. The molecule has 0 spiro atoms. The summed E-state index contributed by atoms with van der Waals surface area (Å²) in [5, 5.41) is 1.21. The maximum atomic E-state index is 13.0. The van der Waals surface area contributed by atoms with Crippen molar-refractivity contribution in [2.45, 2.75) is 39.8 Å². The first kappa shape index (κ1) is 15.2.